The van der Waals surface area contributed by atoms with E-state index in [0.717, 1.165) is 11.1 Å². The molecule has 0 spiro atoms. The summed E-state index contributed by atoms with van der Waals surface area (Å²) < 4.78 is 5.59. The number of aryl methyl sites for hydroxylation is 1. The van der Waals surface area contributed by atoms with Gasteiger partial charge in [-0.3, -0.25) is 14.5 Å². The zero-order chi connectivity index (χ0) is 22.5. The molecule has 1 amide bonds. The Balaban J connectivity index is 1.71. The van der Waals surface area contributed by atoms with Crippen LogP contribution in [-0.4, -0.2) is 23.4 Å². The number of carbonyl (C=O) groups excluding carboxylic acids is 2. The van der Waals surface area contributed by atoms with Gasteiger partial charge in [0, 0.05) is 18.2 Å². The summed E-state index contributed by atoms with van der Waals surface area (Å²) in [5.74, 6) is -0.695. The van der Waals surface area contributed by atoms with Crippen LogP contribution < -0.4 is 9.64 Å². The van der Waals surface area contributed by atoms with E-state index >= 15 is 0 Å². The molecule has 0 radical (unpaired) electrons. The van der Waals surface area contributed by atoms with Gasteiger partial charge >= 0.3 is 0 Å². The number of amides is 1. The molecule has 3 aromatic carbocycles. The first-order valence-electron chi connectivity index (χ1n) is 10.7. The molecular formula is C27H25NO4. The highest BCUT2D eigenvalue weighted by Crippen LogP contribution is 2.42. The topological polar surface area (TPSA) is 66.8 Å². The van der Waals surface area contributed by atoms with Gasteiger partial charge in [0.05, 0.1) is 18.2 Å². The van der Waals surface area contributed by atoms with E-state index in [2.05, 4.69) is 0 Å². The van der Waals surface area contributed by atoms with E-state index in [1.807, 2.05) is 73.7 Å². The largest absolute Gasteiger partial charge is 0.503 e. The molecule has 0 saturated heterocycles. The molecule has 1 aliphatic heterocycles. The molecule has 162 valence electrons. The van der Waals surface area contributed by atoms with E-state index in [1.54, 1.807) is 18.2 Å². The third-order valence-corrected chi connectivity index (χ3v) is 5.51. The third kappa shape index (κ3) is 4.28. The number of hydrogen-bond acceptors (Lipinski definition) is 4. The monoisotopic (exact) mass is 427 g/mol. The molecule has 0 saturated carbocycles. The Labute approximate surface area is 187 Å². The fraction of sp³-hybridized carbons (Fsp3) is 0.185. The minimum atomic E-state index is -0.705. The molecule has 1 N–H and O–H groups in total. The van der Waals surface area contributed by atoms with Crippen LogP contribution in [0, 0.1) is 0 Å². The predicted molar refractivity (Wildman–Crippen MR) is 124 cm³/mol. The minimum Gasteiger partial charge on any atom is -0.503 e. The van der Waals surface area contributed by atoms with Gasteiger partial charge in [0.2, 0.25) is 0 Å². The Kier molecular flexibility index (Phi) is 6.36. The minimum absolute atomic E-state index is 0.138. The maximum absolute atomic E-state index is 13.3. The molecule has 3 aromatic rings. The zero-order valence-electron chi connectivity index (χ0n) is 17.9. The highest BCUT2D eigenvalue weighted by molar-refractivity contribution is 6.16. The summed E-state index contributed by atoms with van der Waals surface area (Å²) >= 11 is 0. The van der Waals surface area contributed by atoms with Gasteiger partial charge in [-0.15, -0.1) is 0 Å². The van der Waals surface area contributed by atoms with Crippen molar-refractivity contribution in [2.24, 2.45) is 0 Å². The molecule has 5 heteroatoms. The molecule has 1 atom stereocenters. The number of anilines is 1. The molecule has 1 heterocycles. The van der Waals surface area contributed by atoms with Gasteiger partial charge in [0.1, 0.15) is 5.75 Å². The van der Waals surface area contributed by atoms with E-state index in [-0.39, 0.29) is 17.8 Å². The lowest BCUT2D eigenvalue weighted by atomic mass is 9.93. The maximum atomic E-state index is 13.3. The lowest BCUT2D eigenvalue weighted by Crippen LogP contribution is -2.31. The highest BCUT2D eigenvalue weighted by Gasteiger charge is 2.44. The molecule has 1 aliphatic rings. The predicted octanol–water partition coefficient (Wildman–Crippen LogP) is 5.19. The second kappa shape index (κ2) is 9.52. The van der Waals surface area contributed by atoms with E-state index in [0.29, 0.717) is 24.5 Å². The average molecular weight is 428 g/mol. The first-order valence-corrected chi connectivity index (χ1v) is 10.7. The van der Waals surface area contributed by atoms with Gasteiger partial charge in [-0.25, -0.2) is 0 Å². The van der Waals surface area contributed by atoms with Gasteiger partial charge in [-0.1, -0.05) is 66.7 Å². The summed E-state index contributed by atoms with van der Waals surface area (Å²) in [4.78, 5) is 27.9. The van der Waals surface area contributed by atoms with Crippen molar-refractivity contribution in [1.82, 2.24) is 0 Å². The van der Waals surface area contributed by atoms with Gasteiger partial charge in [-0.05, 0) is 36.6 Å². The fourth-order valence-corrected chi connectivity index (χ4v) is 4.03. The Bertz CT molecular complexity index is 1140. The summed E-state index contributed by atoms with van der Waals surface area (Å²) in [6, 6.07) is 25.4. The first-order chi connectivity index (χ1) is 15.6. The Morgan fingerprint density at radius 1 is 0.969 bits per heavy atom. The molecule has 32 heavy (non-hydrogen) atoms. The van der Waals surface area contributed by atoms with E-state index in [1.165, 1.54) is 4.90 Å². The lowest BCUT2D eigenvalue weighted by molar-refractivity contribution is -0.118. The smallest absolute Gasteiger partial charge is 0.294 e. The quantitative estimate of drug-likeness (QED) is 0.537. The van der Waals surface area contributed by atoms with Crippen LogP contribution in [0.25, 0.3) is 0 Å². The van der Waals surface area contributed by atoms with Gasteiger partial charge in [0.25, 0.3) is 5.91 Å². The molecule has 0 aliphatic carbocycles. The number of hydrogen-bond donors (Lipinski definition) is 1. The van der Waals surface area contributed by atoms with Crippen molar-refractivity contribution in [3.8, 4) is 5.75 Å². The lowest BCUT2D eigenvalue weighted by Gasteiger charge is -2.27. The number of rotatable bonds is 8. The molecule has 1 unspecified atom stereocenters. The van der Waals surface area contributed by atoms with Crippen molar-refractivity contribution in [2.45, 2.75) is 25.8 Å². The molecule has 4 rings (SSSR count). The van der Waals surface area contributed by atoms with Gasteiger partial charge in [0.15, 0.2) is 11.5 Å². The third-order valence-electron chi connectivity index (χ3n) is 5.51. The van der Waals surface area contributed by atoms with E-state index < -0.39 is 17.7 Å². The summed E-state index contributed by atoms with van der Waals surface area (Å²) in [5, 5.41) is 10.8. The van der Waals surface area contributed by atoms with Crippen LogP contribution in [0.3, 0.4) is 0 Å². The van der Waals surface area contributed by atoms with Gasteiger partial charge in [-0.2, -0.15) is 0 Å². The SMILES string of the molecule is CCOc1cccc(N2C(=O)C(O)=C(C(=O)CCc3ccccc3)C2c2ccccc2)c1. The Morgan fingerprint density at radius 3 is 2.34 bits per heavy atom. The van der Waals surface area contributed by atoms with Crippen LogP contribution in [0.15, 0.2) is 96.3 Å². The second-order valence-corrected chi connectivity index (χ2v) is 7.59. The van der Waals surface area contributed by atoms with Crippen molar-refractivity contribution < 1.29 is 19.4 Å². The number of Topliss-reactive ketones (excluding diaryl/α,β-unsaturated/α-hetero) is 1. The number of ketones is 1. The molecule has 0 bridgehead atoms. The van der Waals surface area contributed by atoms with Crippen LogP contribution in [0.5, 0.6) is 5.75 Å². The Hall–Kier alpha value is -3.86. The van der Waals surface area contributed by atoms with Crippen LogP contribution in [0.4, 0.5) is 5.69 Å². The standard InChI is InChI=1S/C27H25NO4/c1-2-32-22-15-9-14-21(18-22)28-25(20-12-7-4-8-13-20)24(26(30)27(28)31)23(29)17-16-19-10-5-3-6-11-19/h3-15,18,25,30H,2,16-17H2,1H3. The molecule has 5 nitrogen and oxygen atoms in total. The zero-order valence-corrected chi connectivity index (χ0v) is 17.9. The van der Waals surface area contributed by atoms with E-state index in [4.69, 9.17) is 4.74 Å². The number of aliphatic hydroxyl groups excluding tert-OH is 1. The summed E-state index contributed by atoms with van der Waals surface area (Å²) in [7, 11) is 0. The average Bonchev–Trinajstić information content (AvgIpc) is 3.10. The van der Waals surface area contributed by atoms with Crippen molar-refractivity contribution in [3.63, 3.8) is 0 Å². The van der Waals surface area contributed by atoms with Gasteiger partial charge < -0.3 is 9.84 Å². The number of carbonyl (C=O) groups is 2. The van der Waals surface area contributed by atoms with Crippen molar-refractivity contribution in [2.75, 3.05) is 11.5 Å². The van der Waals surface area contributed by atoms with Crippen LogP contribution in [-0.2, 0) is 16.0 Å². The normalized spacial score (nSPS) is 15.8. The number of ether oxygens (including phenoxy) is 1. The van der Waals surface area contributed by atoms with Crippen molar-refractivity contribution in [3.05, 3.63) is 107 Å². The first kappa shape index (κ1) is 21.4. The fourth-order valence-electron chi connectivity index (χ4n) is 4.03. The number of benzene rings is 3. The molecule has 0 aromatic heterocycles. The highest BCUT2D eigenvalue weighted by atomic mass is 16.5. The van der Waals surface area contributed by atoms with Crippen LogP contribution in [0.2, 0.25) is 0 Å². The Morgan fingerprint density at radius 2 is 1.66 bits per heavy atom. The van der Waals surface area contributed by atoms with E-state index in [9.17, 15) is 14.7 Å². The number of aliphatic hydroxyl groups is 1. The summed E-state index contributed by atoms with van der Waals surface area (Å²) in [5.41, 5.74) is 2.49. The van der Waals surface area contributed by atoms with Crippen LogP contribution in [0.1, 0.15) is 30.5 Å². The molecule has 0 fully saturated rings. The summed E-state index contributed by atoms with van der Waals surface area (Å²) in [6.45, 7) is 2.38. The van der Waals surface area contributed by atoms with Crippen LogP contribution >= 0.6 is 0 Å². The maximum Gasteiger partial charge on any atom is 0.294 e. The molecular weight excluding hydrogens is 402 g/mol. The number of nitrogens with zero attached hydrogens (tertiary/aromatic N) is 1. The van der Waals surface area contributed by atoms with Crippen molar-refractivity contribution in [1.29, 1.82) is 0 Å². The summed E-state index contributed by atoms with van der Waals surface area (Å²) in [6.07, 6.45) is 0.735. The van der Waals surface area contributed by atoms with Crippen molar-refractivity contribution >= 4 is 17.4 Å². The second-order valence-electron chi connectivity index (χ2n) is 7.59.